The number of nitrogens with one attached hydrogen (secondary N) is 1. The van der Waals surface area contributed by atoms with Gasteiger partial charge in [0, 0.05) is 19.7 Å². The van der Waals surface area contributed by atoms with Crippen molar-refractivity contribution < 1.29 is 14.8 Å². The molecule has 0 aliphatic heterocycles. The molecule has 1 aromatic rings. The van der Waals surface area contributed by atoms with Gasteiger partial charge in [0.25, 0.3) is 5.69 Å². The SMILES string of the molecule is CN(CC1(O)CCCC1)C(=O)CNc1ccccc1[N+](=O)[O-]. The second kappa shape index (κ2) is 6.74. The lowest BCUT2D eigenvalue weighted by Gasteiger charge is -2.28. The molecule has 0 spiro atoms. The van der Waals surface area contributed by atoms with E-state index in [1.165, 1.54) is 11.0 Å². The van der Waals surface area contributed by atoms with Gasteiger partial charge in [0.2, 0.25) is 5.91 Å². The number of aliphatic hydroxyl groups is 1. The van der Waals surface area contributed by atoms with Gasteiger partial charge in [-0.15, -0.1) is 0 Å². The van der Waals surface area contributed by atoms with Crippen LogP contribution in [0.5, 0.6) is 0 Å². The Labute approximate surface area is 129 Å². The summed E-state index contributed by atoms with van der Waals surface area (Å²) in [4.78, 5) is 24.0. The van der Waals surface area contributed by atoms with Crippen LogP contribution in [0.3, 0.4) is 0 Å². The molecule has 0 saturated heterocycles. The van der Waals surface area contributed by atoms with Gasteiger partial charge in [-0.1, -0.05) is 25.0 Å². The van der Waals surface area contributed by atoms with Crippen LogP contribution >= 0.6 is 0 Å². The first kappa shape index (κ1) is 16.2. The topological polar surface area (TPSA) is 95.7 Å². The van der Waals surface area contributed by atoms with E-state index in [9.17, 15) is 20.0 Å². The Morgan fingerprint density at radius 2 is 2.05 bits per heavy atom. The Bertz CT molecular complexity index is 555. The van der Waals surface area contributed by atoms with Crippen molar-refractivity contribution in [3.8, 4) is 0 Å². The number of nitro groups is 1. The number of carbonyl (C=O) groups is 1. The summed E-state index contributed by atoms with van der Waals surface area (Å²) in [5.41, 5.74) is -0.537. The Balaban J connectivity index is 1.91. The van der Waals surface area contributed by atoms with E-state index in [1.54, 1.807) is 25.2 Å². The number of likely N-dealkylation sites (N-methyl/N-ethyl adjacent to an activating group) is 1. The minimum absolute atomic E-state index is 0.0442. The van der Waals surface area contributed by atoms with Crippen LogP contribution in [0.25, 0.3) is 0 Å². The molecule has 1 aliphatic rings. The summed E-state index contributed by atoms with van der Waals surface area (Å²) in [6.45, 7) is 0.252. The second-order valence-electron chi connectivity index (χ2n) is 5.81. The van der Waals surface area contributed by atoms with Gasteiger partial charge in [0.1, 0.15) is 5.69 Å². The van der Waals surface area contributed by atoms with E-state index < -0.39 is 10.5 Å². The van der Waals surface area contributed by atoms with Crippen molar-refractivity contribution in [1.29, 1.82) is 0 Å². The molecular weight excluding hydrogens is 286 g/mol. The molecule has 2 rings (SSSR count). The van der Waals surface area contributed by atoms with E-state index in [2.05, 4.69) is 5.32 Å². The summed E-state index contributed by atoms with van der Waals surface area (Å²) < 4.78 is 0. The monoisotopic (exact) mass is 307 g/mol. The lowest BCUT2D eigenvalue weighted by atomic mass is 10.0. The summed E-state index contributed by atoms with van der Waals surface area (Å²) in [6.07, 6.45) is 3.38. The summed E-state index contributed by atoms with van der Waals surface area (Å²) in [7, 11) is 1.64. The van der Waals surface area contributed by atoms with Crippen molar-refractivity contribution in [3.63, 3.8) is 0 Å². The molecule has 0 heterocycles. The highest BCUT2D eigenvalue weighted by Crippen LogP contribution is 2.30. The second-order valence-corrected chi connectivity index (χ2v) is 5.81. The summed E-state index contributed by atoms with van der Waals surface area (Å²) in [5.74, 6) is -0.210. The van der Waals surface area contributed by atoms with Crippen LogP contribution in [0.15, 0.2) is 24.3 Å². The molecule has 1 aromatic carbocycles. The number of para-hydroxylation sites is 2. The number of rotatable bonds is 6. The lowest BCUT2D eigenvalue weighted by Crippen LogP contribution is -2.43. The fourth-order valence-corrected chi connectivity index (χ4v) is 2.81. The zero-order valence-electron chi connectivity index (χ0n) is 12.6. The molecule has 2 N–H and O–H groups in total. The van der Waals surface area contributed by atoms with Crippen molar-refractivity contribution >= 4 is 17.3 Å². The molecule has 22 heavy (non-hydrogen) atoms. The smallest absolute Gasteiger partial charge is 0.292 e. The zero-order chi connectivity index (χ0) is 16.2. The normalized spacial score (nSPS) is 16.3. The molecule has 0 bridgehead atoms. The Kier molecular flexibility index (Phi) is 4.97. The molecule has 1 amide bonds. The Morgan fingerprint density at radius 1 is 1.41 bits per heavy atom. The third kappa shape index (κ3) is 3.94. The molecule has 0 radical (unpaired) electrons. The predicted molar refractivity (Wildman–Crippen MR) is 82.6 cm³/mol. The molecule has 1 saturated carbocycles. The molecule has 0 aromatic heterocycles. The van der Waals surface area contributed by atoms with Crippen LogP contribution in [0.1, 0.15) is 25.7 Å². The van der Waals surface area contributed by atoms with Gasteiger partial charge in [-0.05, 0) is 18.9 Å². The maximum atomic E-state index is 12.1. The van der Waals surface area contributed by atoms with Gasteiger partial charge in [-0.2, -0.15) is 0 Å². The molecule has 1 fully saturated rings. The number of benzene rings is 1. The number of hydrogen-bond acceptors (Lipinski definition) is 5. The van der Waals surface area contributed by atoms with Crippen molar-refractivity contribution in [2.24, 2.45) is 0 Å². The van der Waals surface area contributed by atoms with E-state index in [0.717, 1.165) is 12.8 Å². The molecule has 7 nitrogen and oxygen atoms in total. The molecule has 120 valence electrons. The van der Waals surface area contributed by atoms with E-state index in [0.29, 0.717) is 25.1 Å². The van der Waals surface area contributed by atoms with Gasteiger partial charge in [-0.3, -0.25) is 14.9 Å². The van der Waals surface area contributed by atoms with Gasteiger partial charge < -0.3 is 15.3 Å². The van der Waals surface area contributed by atoms with Crippen LogP contribution in [-0.2, 0) is 4.79 Å². The highest BCUT2D eigenvalue weighted by atomic mass is 16.6. The fourth-order valence-electron chi connectivity index (χ4n) is 2.81. The number of hydrogen-bond donors (Lipinski definition) is 2. The van der Waals surface area contributed by atoms with E-state index in [4.69, 9.17) is 0 Å². The van der Waals surface area contributed by atoms with Crippen molar-refractivity contribution in [2.75, 3.05) is 25.5 Å². The fraction of sp³-hybridized carbons (Fsp3) is 0.533. The van der Waals surface area contributed by atoms with Gasteiger partial charge in [0.05, 0.1) is 17.1 Å². The molecule has 1 aliphatic carbocycles. The van der Waals surface area contributed by atoms with E-state index >= 15 is 0 Å². The third-order valence-corrected chi connectivity index (χ3v) is 4.02. The highest BCUT2D eigenvalue weighted by Gasteiger charge is 2.33. The Hall–Kier alpha value is -2.15. The first-order valence-corrected chi connectivity index (χ1v) is 7.35. The van der Waals surface area contributed by atoms with E-state index in [-0.39, 0.29) is 18.1 Å². The summed E-state index contributed by atoms with van der Waals surface area (Å²) >= 11 is 0. The zero-order valence-corrected chi connectivity index (χ0v) is 12.6. The average molecular weight is 307 g/mol. The maximum Gasteiger partial charge on any atom is 0.292 e. The number of carbonyl (C=O) groups excluding carboxylic acids is 1. The van der Waals surface area contributed by atoms with Crippen LogP contribution in [0.2, 0.25) is 0 Å². The van der Waals surface area contributed by atoms with Crippen LogP contribution in [-0.4, -0.2) is 46.6 Å². The maximum absolute atomic E-state index is 12.1. The first-order valence-electron chi connectivity index (χ1n) is 7.35. The first-order chi connectivity index (χ1) is 10.4. The van der Waals surface area contributed by atoms with Crippen molar-refractivity contribution in [1.82, 2.24) is 4.90 Å². The minimum Gasteiger partial charge on any atom is -0.388 e. The molecule has 0 atom stereocenters. The van der Waals surface area contributed by atoms with Gasteiger partial charge in [-0.25, -0.2) is 0 Å². The number of amides is 1. The van der Waals surface area contributed by atoms with E-state index in [1.807, 2.05) is 0 Å². The predicted octanol–water partition coefficient (Wildman–Crippen LogP) is 1.77. The lowest BCUT2D eigenvalue weighted by molar-refractivity contribution is -0.383. The molecule has 0 unspecified atom stereocenters. The summed E-state index contributed by atoms with van der Waals surface area (Å²) in [5, 5.41) is 24.0. The Morgan fingerprint density at radius 3 is 2.68 bits per heavy atom. The average Bonchev–Trinajstić information content (AvgIpc) is 2.91. The largest absolute Gasteiger partial charge is 0.388 e. The quantitative estimate of drug-likeness (QED) is 0.617. The molecule has 7 heteroatoms. The van der Waals surface area contributed by atoms with Crippen LogP contribution in [0.4, 0.5) is 11.4 Å². The highest BCUT2D eigenvalue weighted by molar-refractivity contribution is 5.81. The van der Waals surface area contributed by atoms with Gasteiger partial charge >= 0.3 is 0 Å². The summed E-state index contributed by atoms with van der Waals surface area (Å²) in [6, 6.07) is 6.20. The van der Waals surface area contributed by atoms with Gasteiger partial charge in [0.15, 0.2) is 0 Å². The number of anilines is 1. The van der Waals surface area contributed by atoms with Crippen LogP contribution in [0, 0.1) is 10.1 Å². The standard InChI is InChI=1S/C15H21N3O4/c1-17(11-15(20)8-4-5-9-15)14(19)10-16-12-6-2-3-7-13(12)18(21)22/h2-3,6-7,16,20H,4-5,8-11H2,1H3. The van der Waals surface area contributed by atoms with Crippen LogP contribution < -0.4 is 5.32 Å². The van der Waals surface area contributed by atoms with Crippen molar-refractivity contribution in [2.45, 2.75) is 31.3 Å². The van der Waals surface area contributed by atoms with Crippen molar-refractivity contribution in [3.05, 3.63) is 34.4 Å². The number of nitrogens with zero attached hydrogens (tertiary/aromatic N) is 2. The minimum atomic E-state index is -0.789. The molecular formula is C15H21N3O4. The number of nitro benzene ring substituents is 1. The third-order valence-electron chi connectivity index (χ3n) is 4.02.